The van der Waals surface area contributed by atoms with E-state index in [4.69, 9.17) is 16.3 Å². The van der Waals surface area contributed by atoms with Crippen molar-refractivity contribution in [1.82, 2.24) is 10.9 Å². The molecule has 2 rings (SSSR count). The lowest BCUT2D eigenvalue weighted by molar-refractivity contribution is -0.124. The number of hydrazine groups is 1. The number of carbonyl (C=O) groups is 2. The largest absolute Gasteiger partial charge is 0.483 e. The number of rotatable bonds is 7. The van der Waals surface area contributed by atoms with Gasteiger partial charge in [0.15, 0.2) is 6.61 Å². The molecule has 0 fully saturated rings. The molecule has 2 aromatic rings. The molecule has 29 heavy (non-hydrogen) atoms. The molecular weight excluding hydrogens is 525 g/mol. The maximum absolute atomic E-state index is 12.1. The standard InChI is InChI=1S/C20H20Br2ClN3O3/c1-11-4-5-14(8-17(11)23)24-19(27)7-13(3)25-26-20(28)10-29-18-6-12(2)15(21)9-16(18)22/h4-9,25H,10H2,1-3H3,(H,24,27)(H,26,28). The maximum Gasteiger partial charge on any atom is 0.276 e. The van der Waals surface area contributed by atoms with Gasteiger partial charge in [-0.05, 0) is 72.1 Å². The van der Waals surface area contributed by atoms with Crippen LogP contribution in [0.3, 0.4) is 0 Å². The van der Waals surface area contributed by atoms with Gasteiger partial charge in [-0.2, -0.15) is 0 Å². The summed E-state index contributed by atoms with van der Waals surface area (Å²) in [7, 11) is 0. The van der Waals surface area contributed by atoms with Crippen molar-refractivity contribution in [1.29, 1.82) is 0 Å². The summed E-state index contributed by atoms with van der Waals surface area (Å²) < 4.78 is 7.19. The van der Waals surface area contributed by atoms with Crippen molar-refractivity contribution in [3.8, 4) is 5.75 Å². The van der Waals surface area contributed by atoms with Crippen LogP contribution in [0.15, 0.2) is 51.1 Å². The number of carbonyl (C=O) groups excluding carboxylic acids is 2. The minimum atomic E-state index is -0.393. The second-order valence-corrected chi connectivity index (χ2v) is 8.39. The summed E-state index contributed by atoms with van der Waals surface area (Å²) in [6.07, 6.45) is 1.32. The smallest absolute Gasteiger partial charge is 0.276 e. The molecule has 0 bridgehead atoms. The quantitative estimate of drug-likeness (QED) is 0.337. The van der Waals surface area contributed by atoms with Gasteiger partial charge in [-0.25, -0.2) is 0 Å². The normalized spacial score (nSPS) is 11.0. The molecule has 0 aliphatic carbocycles. The molecule has 0 unspecified atom stereocenters. The molecular formula is C20H20Br2ClN3O3. The van der Waals surface area contributed by atoms with Crippen molar-refractivity contribution in [3.05, 3.63) is 67.2 Å². The van der Waals surface area contributed by atoms with Gasteiger partial charge in [0.1, 0.15) is 5.75 Å². The topological polar surface area (TPSA) is 79.5 Å². The lowest BCUT2D eigenvalue weighted by Crippen LogP contribution is -2.39. The van der Waals surface area contributed by atoms with Crippen LogP contribution in [0, 0.1) is 13.8 Å². The van der Waals surface area contributed by atoms with E-state index in [2.05, 4.69) is 48.0 Å². The summed E-state index contributed by atoms with van der Waals surface area (Å²) in [4.78, 5) is 24.0. The molecule has 0 atom stereocenters. The molecule has 0 aliphatic rings. The number of ether oxygens (including phenoxy) is 1. The molecule has 0 aromatic heterocycles. The molecule has 9 heteroatoms. The Bertz CT molecular complexity index is 964. The average molecular weight is 546 g/mol. The number of amides is 2. The van der Waals surface area contributed by atoms with Crippen molar-refractivity contribution in [2.24, 2.45) is 0 Å². The third-order valence-electron chi connectivity index (χ3n) is 3.76. The zero-order valence-corrected chi connectivity index (χ0v) is 20.0. The van der Waals surface area contributed by atoms with Crippen LogP contribution < -0.4 is 20.9 Å². The highest BCUT2D eigenvalue weighted by Crippen LogP contribution is 2.31. The Labute approximate surface area is 191 Å². The molecule has 0 saturated carbocycles. The molecule has 3 N–H and O–H groups in total. The van der Waals surface area contributed by atoms with E-state index in [0.29, 0.717) is 22.2 Å². The molecule has 0 spiro atoms. The second kappa shape index (κ2) is 10.7. The molecule has 0 heterocycles. The van der Waals surface area contributed by atoms with Crippen LogP contribution in [0.2, 0.25) is 5.02 Å². The van der Waals surface area contributed by atoms with E-state index in [9.17, 15) is 9.59 Å². The van der Waals surface area contributed by atoms with E-state index in [1.165, 1.54) is 6.08 Å². The highest BCUT2D eigenvalue weighted by atomic mass is 79.9. The van der Waals surface area contributed by atoms with Gasteiger partial charge in [-0.1, -0.05) is 33.6 Å². The molecule has 0 aliphatic heterocycles. The molecule has 2 amide bonds. The van der Waals surface area contributed by atoms with Gasteiger partial charge in [0, 0.05) is 27.0 Å². The first-order valence-electron chi connectivity index (χ1n) is 8.54. The summed E-state index contributed by atoms with van der Waals surface area (Å²) in [6.45, 7) is 5.27. The fourth-order valence-corrected chi connectivity index (χ4v) is 3.46. The zero-order valence-electron chi connectivity index (χ0n) is 16.0. The highest BCUT2D eigenvalue weighted by Gasteiger charge is 2.08. The summed E-state index contributed by atoms with van der Waals surface area (Å²) >= 11 is 12.9. The van der Waals surface area contributed by atoms with Gasteiger partial charge < -0.3 is 15.5 Å². The summed E-state index contributed by atoms with van der Waals surface area (Å²) in [5, 5.41) is 3.28. The van der Waals surface area contributed by atoms with E-state index in [1.807, 2.05) is 32.0 Å². The Kier molecular flexibility index (Phi) is 8.55. The van der Waals surface area contributed by atoms with Crippen LogP contribution in [0.4, 0.5) is 5.69 Å². The van der Waals surface area contributed by atoms with Crippen molar-refractivity contribution in [2.75, 3.05) is 11.9 Å². The zero-order chi connectivity index (χ0) is 21.6. The van der Waals surface area contributed by atoms with Crippen LogP contribution in [-0.4, -0.2) is 18.4 Å². The first-order chi connectivity index (χ1) is 13.7. The van der Waals surface area contributed by atoms with E-state index < -0.39 is 5.91 Å². The fraction of sp³-hybridized carbons (Fsp3) is 0.200. The monoisotopic (exact) mass is 543 g/mol. The lowest BCUT2D eigenvalue weighted by Gasteiger charge is -2.12. The SMILES string of the molecule is CC(=CC(=O)Nc1ccc(C)c(Cl)c1)NNC(=O)COc1cc(C)c(Br)cc1Br. The van der Waals surface area contributed by atoms with Crippen LogP contribution in [0.1, 0.15) is 18.1 Å². The Hall–Kier alpha value is -2.03. The van der Waals surface area contributed by atoms with Gasteiger partial charge >= 0.3 is 0 Å². The van der Waals surface area contributed by atoms with Crippen molar-refractivity contribution < 1.29 is 14.3 Å². The third-order valence-corrected chi connectivity index (χ3v) is 5.64. The Morgan fingerprint density at radius 2 is 1.79 bits per heavy atom. The van der Waals surface area contributed by atoms with Crippen LogP contribution in [0.5, 0.6) is 5.75 Å². The lowest BCUT2D eigenvalue weighted by atomic mass is 10.2. The number of benzene rings is 2. The van der Waals surface area contributed by atoms with Gasteiger partial charge in [0.25, 0.3) is 5.91 Å². The predicted octanol–water partition coefficient (Wildman–Crippen LogP) is 5.02. The van der Waals surface area contributed by atoms with E-state index in [-0.39, 0.29) is 12.5 Å². The summed E-state index contributed by atoms with van der Waals surface area (Å²) in [6, 6.07) is 8.93. The van der Waals surface area contributed by atoms with Gasteiger partial charge in [-0.3, -0.25) is 15.0 Å². The van der Waals surface area contributed by atoms with Crippen LogP contribution in [0.25, 0.3) is 0 Å². The summed E-state index contributed by atoms with van der Waals surface area (Å²) in [5.74, 6) is -0.185. The van der Waals surface area contributed by atoms with Crippen LogP contribution >= 0.6 is 43.5 Å². The number of allylic oxidation sites excluding steroid dienone is 1. The highest BCUT2D eigenvalue weighted by molar-refractivity contribution is 9.11. The number of hydrogen-bond acceptors (Lipinski definition) is 4. The van der Waals surface area contributed by atoms with Crippen molar-refractivity contribution >= 4 is 61.0 Å². The first-order valence-corrected chi connectivity index (χ1v) is 10.5. The number of aryl methyl sites for hydroxylation is 2. The van der Waals surface area contributed by atoms with Gasteiger partial charge in [-0.15, -0.1) is 0 Å². The average Bonchev–Trinajstić information content (AvgIpc) is 2.64. The number of hydrogen-bond donors (Lipinski definition) is 3. The van der Waals surface area contributed by atoms with Gasteiger partial charge in [0.2, 0.25) is 5.91 Å². The number of halogens is 3. The van der Waals surface area contributed by atoms with Crippen LogP contribution in [-0.2, 0) is 9.59 Å². The predicted molar refractivity (Wildman–Crippen MR) is 122 cm³/mol. The summed E-state index contributed by atoms with van der Waals surface area (Å²) in [5.41, 5.74) is 8.09. The Morgan fingerprint density at radius 1 is 1.07 bits per heavy atom. The number of nitrogens with one attached hydrogen (secondary N) is 3. The third kappa shape index (κ3) is 7.38. The first kappa shape index (κ1) is 23.3. The molecule has 154 valence electrons. The van der Waals surface area contributed by atoms with E-state index in [1.54, 1.807) is 19.1 Å². The molecule has 0 saturated heterocycles. The Balaban J connectivity index is 1.82. The van der Waals surface area contributed by atoms with Crippen molar-refractivity contribution in [3.63, 3.8) is 0 Å². The number of anilines is 1. The maximum atomic E-state index is 12.1. The van der Waals surface area contributed by atoms with Gasteiger partial charge in [0.05, 0.1) is 4.47 Å². The minimum absolute atomic E-state index is 0.186. The minimum Gasteiger partial charge on any atom is -0.483 e. The second-order valence-electron chi connectivity index (χ2n) is 6.27. The fourth-order valence-electron chi connectivity index (χ4n) is 2.17. The van der Waals surface area contributed by atoms with E-state index in [0.717, 1.165) is 20.1 Å². The van der Waals surface area contributed by atoms with Crippen molar-refractivity contribution in [2.45, 2.75) is 20.8 Å². The Morgan fingerprint density at radius 3 is 2.48 bits per heavy atom. The van der Waals surface area contributed by atoms with E-state index >= 15 is 0 Å². The molecule has 6 nitrogen and oxygen atoms in total. The molecule has 0 radical (unpaired) electrons. The molecule has 2 aromatic carbocycles.